The van der Waals surface area contributed by atoms with Crippen molar-refractivity contribution in [3.8, 4) is 0 Å². The fourth-order valence-electron chi connectivity index (χ4n) is 2.11. The molecule has 0 saturated heterocycles. The molecule has 2 heterocycles. The smallest absolute Gasteiger partial charge is 0.325 e. The molecule has 0 amide bonds. The third-order valence-electron chi connectivity index (χ3n) is 3.10. The first kappa shape index (κ1) is 16.2. The molecule has 22 heavy (non-hydrogen) atoms. The third kappa shape index (κ3) is 3.74. The maximum absolute atomic E-state index is 12.3. The summed E-state index contributed by atoms with van der Waals surface area (Å²) in [5.41, 5.74) is -1.68. The lowest BCUT2D eigenvalue weighted by molar-refractivity contribution is 0.479. The summed E-state index contributed by atoms with van der Waals surface area (Å²) in [6.45, 7) is 3.05. The molecule has 2 rings (SSSR count). The van der Waals surface area contributed by atoms with E-state index < -0.39 is 32.2 Å². The first-order valence-corrected chi connectivity index (χ1v) is 8.16. The van der Waals surface area contributed by atoms with Crippen molar-refractivity contribution in [2.75, 3.05) is 0 Å². The Labute approximate surface area is 126 Å². The van der Waals surface area contributed by atoms with E-state index in [2.05, 4.69) is 9.71 Å². The van der Waals surface area contributed by atoms with Gasteiger partial charge in [-0.25, -0.2) is 17.9 Å². The van der Waals surface area contributed by atoms with Crippen LogP contribution < -0.4 is 16.0 Å². The van der Waals surface area contributed by atoms with Crippen LogP contribution in [-0.4, -0.2) is 24.4 Å². The van der Waals surface area contributed by atoms with Gasteiger partial charge < -0.3 is 9.40 Å². The Hall–Kier alpha value is -2.13. The van der Waals surface area contributed by atoms with Gasteiger partial charge in [-0.3, -0.25) is 9.78 Å². The molecule has 0 aliphatic carbocycles. The van der Waals surface area contributed by atoms with Crippen LogP contribution in [0.25, 0.3) is 0 Å². The standard InChI is InChI=1S/C13H17N3O5S/c1-8(5-6-10-4-3-7-21-10)16-22(19,20)11-9(2)14-13(18)15-12(11)17/h3-4,7-8,16H,5-6H2,1-2H3,(H2,14,15,17,18)/t8-/m0/s1. The molecule has 0 unspecified atom stereocenters. The van der Waals surface area contributed by atoms with Gasteiger partial charge in [0, 0.05) is 18.2 Å². The van der Waals surface area contributed by atoms with Crippen LogP contribution in [0.15, 0.2) is 37.3 Å². The molecule has 3 N–H and O–H groups in total. The summed E-state index contributed by atoms with van der Waals surface area (Å²) in [6.07, 6.45) is 2.62. The molecule has 120 valence electrons. The minimum atomic E-state index is -4.02. The van der Waals surface area contributed by atoms with E-state index in [1.807, 2.05) is 4.98 Å². The second-order valence-electron chi connectivity index (χ2n) is 5.00. The molecule has 0 bridgehead atoms. The van der Waals surface area contributed by atoms with Crippen LogP contribution in [0.4, 0.5) is 0 Å². The first-order valence-electron chi connectivity index (χ1n) is 6.67. The fourth-order valence-corrected chi connectivity index (χ4v) is 3.62. The fraction of sp³-hybridized carbons (Fsp3) is 0.385. The van der Waals surface area contributed by atoms with Crippen LogP contribution in [0.1, 0.15) is 24.8 Å². The highest BCUT2D eigenvalue weighted by atomic mass is 32.2. The Balaban J connectivity index is 2.14. The molecular formula is C13H17N3O5S. The molecule has 0 aliphatic rings. The first-order chi connectivity index (χ1) is 10.3. The second kappa shape index (κ2) is 6.32. The van der Waals surface area contributed by atoms with Crippen molar-refractivity contribution >= 4 is 10.0 Å². The Morgan fingerprint density at radius 1 is 1.32 bits per heavy atom. The van der Waals surface area contributed by atoms with Crippen molar-refractivity contribution in [3.63, 3.8) is 0 Å². The van der Waals surface area contributed by atoms with E-state index in [4.69, 9.17) is 4.42 Å². The minimum Gasteiger partial charge on any atom is -0.469 e. The zero-order valence-electron chi connectivity index (χ0n) is 12.2. The van der Waals surface area contributed by atoms with Gasteiger partial charge in [-0.15, -0.1) is 0 Å². The molecule has 1 atom stereocenters. The summed E-state index contributed by atoms with van der Waals surface area (Å²) in [5.74, 6) is 0.754. The lowest BCUT2D eigenvalue weighted by Gasteiger charge is -2.14. The van der Waals surface area contributed by atoms with Gasteiger partial charge in [0.05, 0.1) is 6.26 Å². The van der Waals surface area contributed by atoms with Gasteiger partial charge in [0.25, 0.3) is 5.56 Å². The van der Waals surface area contributed by atoms with E-state index in [0.717, 1.165) is 5.76 Å². The Kier molecular flexibility index (Phi) is 4.67. The number of H-pyrrole nitrogens is 2. The maximum atomic E-state index is 12.3. The Morgan fingerprint density at radius 3 is 2.64 bits per heavy atom. The summed E-state index contributed by atoms with van der Waals surface area (Å²) >= 11 is 0. The van der Waals surface area contributed by atoms with Crippen molar-refractivity contribution in [2.45, 2.75) is 37.6 Å². The highest BCUT2D eigenvalue weighted by Gasteiger charge is 2.24. The van der Waals surface area contributed by atoms with Crippen molar-refractivity contribution in [1.29, 1.82) is 0 Å². The molecule has 9 heteroatoms. The van der Waals surface area contributed by atoms with Gasteiger partial charge in [-0.2, -0.15) is 0 Å². The van der Waals surface area contributed by atoms with E-state index in [9.17, 15) is 18.0 Å². The largest absolute Gasteiger partial charge is 0.469 e. The summed E-state index contributed by atoms with van der Waals surface area (Å²) in [6, 6.07) is 3.16. The normalized spacial score (nSPS) is 13.2. The molecule has 2 aromatic heterocycles. The number of aromatic amines is 2. The summed E-state index contributed by atoms with van der Waals surface area (Å²) in [5, 5.41) is 0. The number of furan rings is 1. The van der Waals surface area contributed by atoms with Crippen LogP contribution >= 0.6 is 0 Å². The third-order valence-corrected chi connectivity index (χ3v) is 4.85. The number of sulfonamides is 1. The number of aromatic nitrogens is 2. The number of aryl methyl sites for hydroxylation is 2. The maximum Gasteiger partial charge on any atom is 0.325 e. The van der Waals surface area contributed by atoms with E-state index in [-0.39, 0.29) is 5.69 Å². The predicted octanol–water partition coefficient (Wildman–Crippen LogP) is 0.264. The highest BCUT2D eigenvalue weighted by Crippen LogP contribution is 2.10. The van der Waals surface area contributed by atoms with Gasteiger partial charge >= 0.3 is 5.69 Å². The zero-order valence-corrected chi connectivity index (χ0v) is 13.0. The highest BCUT2D eigenvalue weighted by molar-refractivity contribution is 7.89. The Bertz CT molecular complexity index is 849. The SMILES string of the molecule is Cc1[nH]c(=O)[nH]c(=O)c1S(=O)(=O)N[C@@H](C)CCc1ccco1. The number of nitrogens with one attached hydrogen (secondary N) is 3. The van der Waals surface area contributed by atoms with Crippen molar-refractivity contribution in [3.05, 3.63) is 50.7 Å². The average molecular weight is 327 g/mol. The lowest BCUT2D eigenvalue weighted by Crippen LogP contribution is -2.38. The molecule has 0 fully saturated rings. The van der Waals surface area contributed by atoms with Crippen molar-refractivity contribution in [2.24, 2.45) is 0 Å². The van der Waals surface area contributed by atoms with E-state index >= 15 is 0 Å². The monoisotopic (exact) mass is 327 g/mol. The van der Waals surface area contributed by atoms with Crippen LogP contribution in [0.3, 0.4) is 0 Å². The van der Waals surface area contributed by atoms with Gasteiger partial charge in [-0.05, 0) is 32.4 Å². The lowest BCUT2D eigenvalue weighted by atomic mass is 10.2. The van der Waals surface area contributed by atoms with E-state index in [1.165, 1.54) is 6.92 Å². The van der Waals surface area contributed by atoms with Gasteiger partial charge in [0.15, 0.2) is 4.90 Å². The topological polar surface area (TPSA) is 125 Å². The zero-order chi connectivity index (χ0) is 16.3. The number of rotatable bonds is 6. The van der Waals surface area contributed by atoms with Gasteiger partial charge in [-0.1, -0.05) is 0 Å². The van der Waals surface area contributed by atoms with Crippen LogP contribution in [0.2, 0.25) is 0 Å². The van der Waals surface area contributed by atoms with Crippen molar-refractivity contribution < 1.29 is 12.8 Å². The van der Waals surface area contributed by atoms with Gasteiger partial charge in [0.1, 0.15) is 5.76 Å². The Morgan fingerprint density at radius 2 is 2.05 bits per heavy atom. The van der Waals surface area contributed by atoms with Crippen LogP contribution in [0.5, 0.6) is 0 Å². The molecular weight excluding hydrogens is 310 g/mol. The van der Waals surface area contributed by atoms with E-state index in [1.54, 1.807) is 25.3 Å². The average Bonchev–Trinajstić information content (AvgIpc) is 2.86. The van der Waals surface area contributed by atoms with E-state index in [0.29, 0.717) is 12.8 Å². The summed E-state index contributed by atoms with van der Waals surface area (Å²) in [4.78, 5) is 26.5. The molecule has 0 aromatic carbocycles. The number of hydrogen-bond donors (Lipinski definition) is 3. The summed E-state index contributed by atoms with van der Waals surface area (Å²) < 4.78 is 32.2. The molecule has 0 aliphatic heterocycles. The van der Waals surface area contributed by atoms with Crippen LogP contribution in [-0.2, 0) is 16.4 Å². The van der Waals surface area contributed by atoms with Crippen molar-refractivity contribution in [1.82, 2.24) is 14.7 Å². The predicted molar refractivity (Wildman–Crippen MR) is 79.2 cm³/mol. The van der Waals surface area contributed by atoms with Crippen LogP contribution in [0, 0.1) is 6.92 Å². The van der Waals surface area contributed by atoms with Gasteiger partial charge in [0.2, 0.25) is 10.0 Å². The molecule has 0 saturated carbocycles. The number of hydrogen-bond acceptors (Lipinski definition) is 5. The molecule has 2 aromatic rings. The second-order valence-corrected chi connectivity index (χ2v) is 6.65. The molecule has 0 spiro atoms. The minimum absolute atomic E-state index is 0.000477. The molecule has 8 nitrogen and oxygen atoms in total. The summed E-state index contributed by atoms with van der Waals surface area (Å²) in [7, 11) is -4.02. The quantitative estimate of drug-likeness (QED) is 0.702. The molecule has 0 radical (unpaired) electrons.